The van der Waals surface area contributed by atoms with Crippen molar-refractivity contribution in [3.05, 3.63) is 28.8 Å². The van der Waals surface area contributed by atoms with Gasteiger partial charge in [-0.2, -0.15) is 0 Å². The fraction of sp³-hybridized carbons (Fsp3) is 0.500. The Morgan fingerprint density at radius 1 is 1.58 bits per heavy atom. The van der Waals surface area contributed by atoms with E-state index in [-0.39, 0.29) is 10.6 Å². The lowest BCUT2D eigenvalue weighted by Crippen LogP contribution is -2.30. The molecular weight excluding hydrogens is 266 g/mol. The van der Waals surface area contributed by atoms with Gasteiger partial charge < -0.3 is 14.7 Å². The highest BCUT2D eigenvalue weighted by molar-refractivity contribution is 6.33. The Morgan fingerprint density at radius 3 is 2.95 bits per heavy atom. The smallest absolute Gasteiger partial charge is 0.337 e. The van der Waals surface area contributed by atoms with Crippen LogP contribution in [0.15, 0.2) is 18.2 Å². The number of ether oxygens (including phenoxy) is 1. The van der Waals surface area contributed by atoms with Crippen LogP contribution in [0.2, 0.25) is 5.02 Å². The molecule has 0 aliphatic carbocycles. The summed E-state index contributed by atoms with van der Waals surface area (Å²) in [5.74, 6) is -0.475. The first-order valence-electron chi connectivity index (χ1n) is 6.39. The van der Waals surface area contributed by atoms with Gasteiger partial charge in [0.15, 0.2) is 0 Å². The predicted molar refractivity (Wildman–Crippen MR) is 75.2 cm³/mol. The molecule has 19 heavy (non-hydrogen) atoms. The summed E-state index contributed by atoms with van der Waals surface area (Å²) in [7, 11) is 1.99. The van der Waals surface area contributed by atoms with Crippen molar-refractivity contribution >= 4 is 23.3 Å². The maximum Gasteiger partial charge on any atom is 0.337 e. The molecule has 5 heteroatoms. The number of anilines is 1. The van der Waals surface area contributed by atoms with E-state index >= 15 is 0 Å². The molecule has 0 amide bonds. The lowest BCUT2D eigenvalue weighted by molar-refractivity contribution is 0.0576. The summed E-state index contributed by atoms with van der Waals surface area (Å²) in [6, 6.07) is 5.04. The lowest BCUT2D eigenvalue weighted by Gasteiger charge is -2.28. The Kier molecular flexibility index (Phi) is 4.66. The van der Waals surface area contributed by atoms with Crippen LogP contribution in [-0.2, 0) is 4.74 Å². The van der Waals surface area contributed by atoms with Crippen LogP contribution in [-0.4, -0.2) is 37.9 Å². The molecule has 1 saturated heterocycles. The summed E-state index contributed by atoms with van der Waals surface area (Å²) in [4.78, 5) is 13.0. The Labute approximate surface area is 117 Å². The molecule has 1 atom stereocenters. The van der Waals surface area contributed by atoms with E-state index in [1.54, 1.807) is 18.2 Å². The van der Waals surface area contributed by atoms with Gasteiger partial charge in [-0.25, -0.2) is 4.79 Å². The van der Waals surface area contributed by atoms with Gasteiger partial charge in [-0.05, 0) is 37.0 Å². The molecule has 1 aliphatic rings. The van der Waals surface area contributed by atoms with E-state index in [0.29, 0.717) is 5.92 Å². The standard InChI is InChI=1S/C14H18ClNO3/c1-16(8-10-3-2-6-19-9-10)11-4-5-12(14(17)18)13(15)7-11/h4-5,7,10H,2-3,6,8-9H2,1H3,(H,17,18). The number of hydrogen-bond acceptors (Lipinski definition) is 3. The van der Waals surface area contributed by atoms with Crippen LogP contribution in [0.3, 0.4) is 0 Å². The fourth-order valence-electron chi connectivity index (χ4n) is 2.36. The summed E-state index contributed by atoms with van der Waals surface area (Å²) < 4.78 is 5.46. The third kappa shape index (κ3) is 3.61. The number of carboxylic acid groups (broad SMARTS) is 1. The summed E-state index contributed by atoms with van der Waals surface area (Å²) in [6.07, 6.45) is 2.28. The monoisotopic (exact) mass is 283 g/mol. The summed E-state index contributed by atoms with van der Waals surface area (Å²) in [5, 5.41) is 9.22. The molecule has 1 aromatic carbocycles. The zero-order chi connectivity index (χ0) is 13.8. The van der Waals surface area contributed by atoms with Crippen LogP contribution in [0.4, 0.5) is 5.69 Å². The molecule has 0 spiro atoms. The quantitative estimate of drug-likeness (QED) is 0.923. The van der Waals surface area contributed by atoms with Gasteiger partial charge in [-0.1, -0.05) is 11.6 Å². The second-order valence-corrected chi connectivity index (χ2v) is 5.34. The van der Waals surface area contributed by atoms with Gasteiger partial charge >= 0.3 is 5.97 Å². The number of carbonyl (C=O) groups is 1. The van der Waals surface area contributed by atoms with E-state index in [1.165, 1.54) is 6.42 Å². The molecule has 1 aliphatic heterocycles. The maximum atomic E-state index is 10.9. The molecule has 0 bridgehead atoms. The summed E-state index contributed by atoms with van der Waals surface area (Å²) >= 11 is 5.98. The zero-order valence-electron chi connectivity index (χ0n) is 10.9. The minimum atomic E-state index is -1.00. The SMILES string of the molecule is CN(CC1CCCOC1)c1ccc(C(=O)O)c(Cl)c1. The van der Waals surface area contributed by atoms with Crippen LogP contribution in [0.25, 0.3) is 0 Å². The van der Waals surface area contributed by atoms with Crippen molar-refractivity contribution in [2.45, 2.75) is 12.8 Å². The fourth-order valence-corrected chi connectivity index (χ4v) is 2.61. The predicted octanol–water partition coefficient (Wildman–Crippen LogP) is 2.90. The molecular formula is C14H18ClNO3. The van der Waals surface area contributed by atoms with Crippen LogP contribution in [0.1, 0.15) is 23.2 Å². The highest BCUT2D eigenvalue weighted by atomic mass is 35.5. The molecule has 1 fully saturated rings. The molecule has 0 aromatic heterocycles. The van der Waals surface area contributed by atoms with Crippen molar-refractivity contribution in [2.75, 3.05) is 31.7 Å². The van der Waals surface area contributed by atoms with Gasteiger partial charge in [0.1, 0.15) is 0 Å². The van der Waals surface area contributed by atoms with E-state index in [0.717, 1.165) is 31.9 Å². The Balaban J connectivity index is 2.04. The molecule has 1 unspecified atom stereocenters. The molecule has 1 N–H and O–H groups in total. The molecule has 4 nitrogen and oxygen atoms in total. The second kappa shape index (κ2) is 6.26. The van der Waals surface area contributed by atoms with Gasteiger partial charge in [-0.3, -0.25) is 0 Å². The number of benzene rings is 1. The number of carboxylic acids is 1. The van der Waals surface area contributed by atoms with Crippen molar-refractivity contribution in [1.29, 1.82) is 0 Å². The largest absolute Gasteiger partial charge is 0.478 e. The number of hydrogen-bond donors (Lipinski definition) is 1. The van der Waals surface area contributed by atoms with Gasteiger partial charge in [0, 0.05) is 25.9 Å². The minimum absolute atomic E-state index is 0.139. The first-order valence-corrected chi connectivity index (χ1v) is 6.77. The zero-order valence-corrected chi connectivity index (χ0v) is 11.7. The third-order valence-corrected chi connectivity index (χ3v) is 3.72. The number of halogens is 1. The molecule has 0 radical (unpaired) electrons. The number of rotatable bonds is 4. The normalized spacial score (nSPS) is 19.2. The van der Waals surface area contributed by atoms with Crippen LogP contribution in [0.5, 0.6) is 0 Å². The molecule has 1 heterocycles. The summed E-state index contributed by atoms with van der Waals surface area (Å²) in [6.45, 7) is 2.55. The van der Waals surface area contributed by atoms with Gasteiger partial charge in [0.2, 0.25) is 0 Å². The number of nitrogens with zero attached hydrogens (tertiary/aromatic N) is 1. The van der Waals surface area contributed by atoms with Crippen molar-refractivity contribution in [2.24, 2.45) is 5.92 Å². The van der Waals surface area contributed by atoms with Crippen molar-refractivity contribution < 1.29 is 14.6 Å². The molecule has 104 valence electrons. The van der Waals surface area contributed by atoms with Crippen molar-refractivity contribution in [3.8, 4) is 0 Å². The van der Waals surface area contributed by atoms with E-state index < -0.39 is 5.97 Å². The van der Waals surface area contributed by atoms with E-state index in [4.69, 9.17) is 21.4 Å². The second-order valence-electron chi connectivity index (χ2n) is 4.93. The van der Waals surface area contributed by atoms with E-state index in [9.17, 15) is 4.79 Å². The van der Waals surface area contributed by atoms with Gasteiger partial charge in [0.25, 0.3) is 0 Å². The number of aromatic carboxylic acids is 1. The van der Waals surface area contributed by atoms with Crippen molar-refractivity contribution in [1.82, 2.24) is 0 Å². The molecule has 2 rings (SSSR count). The summed E-state index contributed by atoms with van der Waals surface area (Å²) in [5.41, 5.74) is 1.07. The van der Waals surface area contributed by atoms with Crippen molar-refractivity contribution in [3.63, 3.8) is 0 Å². The highest BCUT2D eigenvalue weighted by Gasteiger charge is 2.17. The highest BCUT2D eigenvalue weighted by Crippen LogP contribution is 2.25. The van der Waals surface area contributed by atoms with Crippen LogP contribution < -0.4 is 4.90 Å². The molecule has 0 saturated carbocycles. The third-order valence-electron chi connectivity index (χ3n) is 3.41. The minimum Gasteiger partial charge on any atom is -0.478 e. The van der Waals surface area contributed by atoms with E-state index in [2.05, 4.69) is 4.90 Å². The topological polar surface area (TPSA) is 49.8 Å². The Morgan fingerprint density at radius 2 is 2.37 bits per heavy atom. The van der Waals surface area contributed by atoms with Gasteiger partial charge in [0.05, 0.1) is 17.2 Å². The van der Waals surface area contributed by atoms with E-state index in [1.807, 2.05) is 7.05 Å². The average molecular weight is 284 g/mol. The maximum absolute atomic E-state index is 10.9. The first kappa shape index (κ1) is 14.2. The van der Waals surface area contributed by atoms with Crippen LogP contribution >= 0.6 is 11.6 Å². The Hall–Kier alpha value is -1.26. The first-order chi connectivity index (χ1) is 9.08. The van der Waals surface area contributed by atoms with Crippen LogP contribution in [0, 0.1) is 5.92 Å². The molecule has 1 aromatic rings. The Bertz CT molecular complexity index is 458. The average Bonchev–Trinajstić information content (AvgIpc) is 2.39. The lowest BCUT2D eigenvalue weighted by atomic mass is 10.0. The van der Waals surface area contributed by atoms with Gasteiger partial charge in [-0.15, -0.1) is 0 Å².